The van der Waals surface area contributed by atoms with Crippen molar-refractivity contribution in [1.82, 2.24) is 14.9 Å². The average Bonchev–Trinajstić information content (AvgIpc) is 3.03. The lowest BCUT2D eigenvalue weighted by Gasteiger charge is -2.28. The summed E-state index contributed by atoms with van der Waals surface area (Å²) in [5, 5.41) is 3.52. The van der Waals surface area contributed by atoms with Crippen molar-refractivity contribution in [3.8, 4) is 0 Å². The van der Waals surface area contributed by atoms with Crippen LogP contribution in [0.1, 0.15) is 55.3 Å². The molecule has 0 radical (unpaired) electrons. The summed E-state index contributed by atoms with van der Waals surface area (Å²) in [5.41, 5.74) is 4.05. The molecule has 1 aromatic heterocycles. The van der Waals surface area contributed by atoms with E-state index >= 15 is 0 Å². The van der Waals surface area contributed by atoms with E-state index in [4.69, 9.17) is 9.97 Å². The van der Waals surface area contributed by atoms with Gasteiger partial charge in [-0.25, -0.2) is 4.98 Å². The zero-order valence-electron chi connectivity index (χ0n) is 17.9. The van der Waals surface area contributed by atoms with Crippen molar-refractivity contribution in [3.63, 3.8) is 0 Å². The lowest BCUT2D eigenvalue weighted by atomic mass is 9.96. The summed E-state index contributed by atoms with van der Waals surface area (Å²) in [4.78, 5) is 14.8. The van der Waals surface area contributed by atoms with Crippen LogP contribution in [-0.2, 0) is 19.4 Å². The van der Waals surface area contributed by atoms with E-state index in [0.717, 1.165) is 51.5 Å². The van der Waals surface area contributed by atoms with E-state index in [-0.39, 0.29) is 0 Å². The number of aryl methyl sites for hydroxylation is 1. The second-order valence-corrected chi connectivity index (χ2v) is 8.55. The topological polar surface area (TPSA) is 44.3 Å². The fourth-order valence-corrected chi connectivity index (χ4v) is 4.53. The molecule has 1 N–H and O–H groups in total. The van der Waals surface area contributed by atoms with Crippen LogP contribution in [0, 0.1) is 0 Å². The van der Waals surface area contributed by atoms with Crippen LogP contribution in [0.2, 0.25) is 0 Å². The van der Waals surface area contributed by atoms with E-state index in [2.05, 4.69) is 52.5 Å². The van der Waals surface area contributed by atoms with E-state index in [1.165, 1.54) is 61.2 Å². The van der Waals surface area contributed by atoms with E-state index in [1.807, 2.05) is 0 Å². The molecule has 2 heterocycles. The summed E-state index contributed by atoms with van der Waals surface area (Å²) in [6.45, 7) is 5.08. The third kappa shape index (κ3) is 5.47. The molecule has 0 amide bonds. The van der Waals surface area contributed by atoms with Crippen molar-refractivity contribution in [2.75, 3.05) is 43.4 Å². The standard InChI is InChI=1S/C24H35N5/c1-28(19-20-11-5-4-6-12-20)18-15-25-24-26-22-14-8-7-13-21(22)23(27-24)29-16-9-2-3-10-17-29/h4-6,11-12H,2-3,7-10,13-19H2,1H3,(H,25,26,27). The minimum absolute atomic E-state index is 0.818. The molecule has 2 aliphatic rings. The van der Waals surface area contributed by atoms with Crippen LogP contribution < -0.4 is 10.2 Å². The van der Waals surface area contributed by atoms with Crippen molar-refractivity contribution in [2.24, 2.45) is 0 Å². The normalized spacial score (nSPS) is 17.1. The molecule has 1 aromatic carbocycles. The molecule has 0 spiro atoms. The van der Waals surface area contributed by atoms with Crippen molar-refractivity contribution in [3.05, 3.63) is 47.2 Å². The fraction of sp³-hybridized carbons (Fsp3) is 0.583. The predicted molar refractivity (Wildman–Crippen MR) is 121 cm³/mol. The number of likely N-dealkylation sites (N-methyl/N-ethyl adjacent to an activating group) is 1. The van der Waals surface area contributed by atoms with Crippen LogP contribution in [0.5, 0.6) is 0 Å². The number of rotatable bonds is 7. The molecule has 4 rings (SSSR count). The first-order chi connectivity index (χ1) is 14.3. The van der Waals surface area contributed by atoms with Crippen molar-refractivity contribution < 1.29 is 0 Å². The van der Waals surface area contributed by atoms with E-state index in [1.54, 1.807) is 0 Å². The zero-order chi connectivity index (χ0) is 19.9. The Morgan fingerprint density at radius 1 is 0.931 bits per heavy atom. The smallest absolute Gasteiger partial charge is 0.224 e. The zero-order valence-corrected chi connectivity index (χ0v) is 17.9. The van der Waals surface area contributed by atoms with Crippen LogP contribution in [0.25, 0.3) is 0 Å². The monoisotopic (exact) mass is 393 g/mol. The molecule has 1 aliphatic heterocycles. The van der Waals surface area contributed by atoms with Crippen LogP contribution in [-0.4, -0.2) is 48.1 Å². The van der Waals surface area contributed by atoms with Gasteiger partial charge in [-0.15, -0.1) is 0 Å². The molecule has 1 aliphatic carbocycles. The molecule has 0 saturated carbocycles. The van der Waals surface area contributed by atoms with E-state index in [9.17, 15) is 0 Å². The van der Waals surface area contributed by atoms with Gasteiger partial charge in [-0.05, 0) is 51.1 Å². The first-order valence-corrected chi connectivity index (χ1v) is 11.4. The largest absolute Gasteiger partial charge is 0.356 e. The summed E-state index contributed by atoms with van der Waals surface area (Å²) in [6, 6.07) is 10.6. The van der Waals surface area contributed by atoms with Gasteiger partial charge in [-0.1, -0.05) is 43.2 Å². The molecule has 0 unspecified atom stereocenters. The average molecular weight is 394 g/mol. The molecule has 156 valence electrons. The van der Waals surface area contributed by atoms with E-state index < -0.39 is 0 Å². The second-order valence-electron chi connectivity index (χ2n) is 8.55. The lowest BCUT2D eigenvalue weighted by Crippen LogP contribution is -2.29. The third-order valence-corrected chi connectivity index (χ3v) is 6.14. The lowest BCUT2D eigenvalue weighted by molar-refractivity contribution is 0.339. The highest BCUT2D eigenvalue weighted by Gasteiger charge is 2.22. The third-order valence-electron chi connectivity index (χ3n) is 6.14. The van der Waals surface area contributed by atoms with Crippen molar-refractivity contribution >= 4 is 11.8 Å². The van der Waals surface area contributed by atoms with E-state index in [0.29, 0.717) is 0 Å². The van der Waals surface area contributed by atoms with Crippen LogP contribution in [0.15, 0.2) is 30.3 Å². The fourth-order valence-electron chi connectivity index (χ4n) is 4.53. The number of hydrogen-bond acceptors (Lipinski definition) is 5. The van der Waals surface area contributed by atoms with Crippen LogP contribution in [0.3, 0.4) is 0 Å². The van der Waals surface area contributed by atoms with Gasteiger partial charge in [0.05, 0.1) is 5.69 Å². The number of nitrogens with zero attached hydrogens (tertiary/aromatic N) is 4. The molecule has 5 heteroatoms. The Morgan fingerprint density at radius 2 is 1.69 bits per heavy atom. The Hall–Kier alpha value is -2.14. The van der Waals surface area contributed by atoms with Gasteiger partial charge in [0.15, 0.2) is 0 Å². The quantitative estimate of drug-likeness (QED) is 0.761. The predicted octanol–water partition coefficient (Wildman–Crippen LogP) is 4.28. The molecule has 0 bridgehead atoms. The number of benzene rings is 1. The first kappa shape index (κ1) is 20.1. The number of anilines is 2. The Balaban J connectivity index is 1.41. The van der Waals surface area contributed by atoms with Gasteiger partial charge in [0.25, 0.3) is 0 Å². The maximum atomic E-state index is 5.02. The number of hydrogen-bond donors (Lipinski definition) is 1. The first-order valence-electron chi connectivity index (χ1n) is 11.4. The molecule has 29 heavy (non-hydrogen) atoms. The summed E-state index contributed by atoms with van der Waals surface area (Å²) in [5.74, 6) is 2.04. The molecular formula is C24H35N5. The second kappa shape index (κ2) is 10.1. The number of aromatic nitrogens is 2. The summed E-state index contributed by atoms with van der Waals surface area (Å²) >= 11 is 0. The Labute approximate surface area is 175 Å². The number of nitrogens with one attached hydrogen (secondary N) is 1. The van der Waals surface area contributed by atoms with Gasteiger partial charge in [0, 0.05) is 38.3 Å². The van der Waals surface area contributed by atoms with Gasteiger partial charge in [-0.2, -0.15) is 4.98 Å². The molecule has 1 fully saturated rings. The minimum atomic E-state index is 0.818. The minimum Gasteiger partial charge on any atom is -0.356 e. The Bertz CT molecular complexity index is 768. The van der Waals surface area contributed by atoms with Crippen molar-refractivity contribution in [2.45, 2.75) is 57.9 Å². The summed E-state index contributed by atoms with van der Waals surface area (Å²) in [7, 11) is 2.17. The molecule has 1 saturated heterocycles. The van der Waals surface area contributed by atoms with Crippen molar-refractivity contribution in [1.29, 1.82) is 0 Å². The Morgan fingerprint density at radius 3 is 2.48 bits per heavy atom. The summed E-state index contributed by atoms with van der Waals surface area (Å²) in [6.07, 6.45) is 10.0. The SMILES string of the molecule is CN(CCNc1nc2c(c(N3CCCCCC3)n1)CCCC2)Cc1ccccc1. The van der Waals surface area contributed by atoms with Gasteiger partial charge >= 0.3 is 0 Å². The molecule has 5 nitrogen and oxygen atoms in total. The number of fused-ring (bicyclic) bond motifs is 1. The van der Waals surface area contributed by atoms with Crippen LogP contribution in [0.4, 0.5) is 11.8 Å². The summed E-state index contributed by atoms with van der Waals surface area (Å²) < 4.78 is 0. The molecule has 2 aromatic rings. The maximum Gasteiger partial charge on any atom is 0.224 e. The van der Waals surface area contributed by atoms with Gasteiger partial charge in [0.2, 0.25) is 5.95 Å². The highest BCUT2D eigenvalue weighted by Crippen LogP contribution is 2.30. The Kier molecular flexibility index (Phi) is 6.99. The molecular weight excluding hydrogens is 358 g/mol. The van der Waals surface area contributed by atoms with Gasteiger partial charge in [0.1, 0.15) is 5.82 Å². The maximum absolute atomic E-state index is 5.02. The van der Waals surface area contributed by atoms with Gasteiger partial charge in [-0.3, -0.25) is 0 Å². The highest BCUT2D eigenvalue weighted by atomic mass is 15.2. The van der Waals surface area contributed by atoms with Crippen LogP contribution >= 0.6 is 0 Å². The highest BCUT2D eigenvalue weighted by molar-refractivity contribution is 5.53. The molecule has 0 atom stereocenters. The van der Waals surface area contributed by atoms with Gasteiger partial charge < -0.3 is 15.1 Å².